The van der Waals surface area contributed by atoms with Gasteiger partial charge in [0.2, 0.25) is 0 Å². The van der Waals surface area contributed by atoms with E-state index in [9.17, 15) is 5.11 Å². The minimum atomic E-state index is 0.165. The molecule has 3 aromatic rings. The summed E-state index contributed by atoms with van der Waals surface area (Å²) in [5.41, 5.74) is 3.45. The van der Waals surface area contributed by atoms with Crippen LogP contribution in [0.25, 0.3) is 11.1 Å². The quantitative estimate of drug-likeness (QED) is 0.752. The van der Waals surface area contributed by atoms with Crippen LogP contribution in [0.15, 0.2) is 78.9 Å². The molecule has 0 atom stereocenters. The highest BCUT2D eigenvalue weighted by atomic mass is 16.5. The van der Waals surface area contributed by atoms with E-state index in [1.165, 1.54) is 11.1 Å². The predicted octanol–water partition coefficient (Wildman–Crippen LogP) is 4.64. The molecular weight excluding hydrogens is 260 g/mol. The van der Waals surface area contributed by atoms with E-state index >= 15 is 0 Å². The van der Waals surface area contributed by atoms with Crippen LogP contribution in [-0.2, 0) is 6.61 Å². The van der Waals surface area contributed by atoms with E-state index in [1.54, 1.807) is 18.2 Å². The Balaban J connectivity index is 1.69. The lowest BCUT2D eigenvalue weighted by molar-refractivity contribution is 0.289. The standard InChI is InChI=1S/C19H16O2/c20-18-8-4-5-9-19(18)21-14-15-10-12-17(13-11-15)16-6-2-1-3-7-16/h1-13,20H,14H2. The van der Waals surface area contributed by atoms with Crippen molar-refractivity contribution in [1.29, 1.82) is 0 Å². The highest BCUT2D eigenvalue weighted by Gasteiger charge is 2.02. The van der Waals surface area contributed by atoms with Crippen molar-refractivity contribution >= 4 is 0 Å². The molecule has 0 bridgehead atoms. The fourth-order valence-electron chi connectivity index (χ4n) is 2.16. The minimum absolute atomic E-state index is 0.165. The van der Waals surface area contributed by atoms with Gasteiger partial charge in [-0.25, -0.2) is 0 Å². The van der Waals surface area contributed by atoms with Gasteiger partial charge in [0.25, 0.3) is 0 Å². The smallest absolute Gasteiger partial charge is 0.161 e. The van der Waals surface area contributed by atoms with Gasteiger partial charge in [0.15, 0.2) is 11.5 Å². The Morgan fingerprint density at radius 1 is 0.667 bits per heavy atom. The molecule has 0 heterocycles. The Morgan fingerprint density at radius 3 is 2.00 bits per heavy atom. The molecule has 0 radical (unpaired) electrons. The zero-order valence-electron chi connectivity index (χ0n) is 11.6. The average molecular weight is 276 g/mol. The Morgan fingerprint density at radius 2 is 1.29 bits per heavy atom. The molecule has 0 aliphatic heterocycles. The SMILES string of the molecule is Oc1ccccc1OCc1ccc(-c2ccccc2)cc1. The molecule has 0 amide bonds. The lowest BCUT2D eigenvalue weighted by Gasteiger charge is -2.08. The van der Waals surface area contributed by atoms with Gasteiger partial charge in [0, 0.05) is 0 Å². The second-order valence-electron chi connectivity index (χ2n) is 4.82. The van der Waals surface area contributed by atoms with Crippen LogP contribution in [0.5, 0.6) is 11.5 Å². The fraction of sp³-hybridized carbons (Fsp3) is 0.0526. The van der Waals surface area contributed by atoms with Crippen molar-refractivity contribution in [3.05, 3.63) is 84.4 Å². The molecule has 2 heteroatoms. The van der Waals surface area contributed by atoms with E-state index in [0.29, 0.717) is 12.4 Å². The maximum atomic E-state index is 9.66. The first-order valence-electron chi connectivity index (χ1n) is 6.88. The van der Waals surface area contributed by atoms with Crippen molar-refractivity contribution in [3.8, 4) is 22.6 Å². The fourth-order valence-corrected chi connectivity index (χ4v) is 2.16. The summed E-state index contributed by atoms with van der Waals surface area (Å²) < 4.78 is 5.62. The number of benzene rings is 3. The number of aromatic hydroxyl groups is 1. The Labute approximate surface area is 124 Å². The first kappa shape index (κ1) is 13.3. The van der Waals surface area contributed by atoms with Crippen molar-refractivity contribution in [1.82, 2.24) is 0 Å². The molecule has 2 nitrogen and oxygen atoms in total. The molecule has 3 aromatic carbocycles. The van der Waals surface area contributed by atoms with Crippen LogP contribution in [0.1, 0.15) is 5.56 Å². The number of hydrogen-bond donors (Lipinski definition) is 1. The van der Waals surface area contributed by atoms with Gasteiger partial charge in [-0.3, -0.25) is 0 Å². The molecule has 0 aliphatic rings. The molecule has 0 saturated heterocycles. The molecule has 0 unspecified atom stereocenters. The number of hydrogen-bond acceptors (Lipinski definition) is 2. The summed E-state index contributed by atoms with van der Waals surface area (Å²) in [7, 11) is 0. The third-order valence-corrected chi connectivity index (χ3v) is 3.32. The summed E-state index contributed by atoms with van der Waals surface area (Å²) in [5.74, 6) is 0.669. The molecule has 0 fully saturated rings. The van der Waals surface area contributed by atoms with Crippen LogP contribution >= 0.6 is 0 Å². The highest BCUT2D eigenvalue weighted by molar-refractivity contribution is 5.63. The number of phenolic OH excluding ortho intramolecular Hbond substituents is 1. The van der Waals surface area contributed by atoms with Crippen molar-refractivity contribution in [2.45, 2.75) is 6.61 Å². The average Bonchev–Trinajstić information content (AvgIpc) is 2.55. The lowest BCUT2D eigenvalue weighted by atomic mass is 10.0. The van der Waals surface area contributed by atoms with Gasteiger partial charge >= 0.3 is 0 Å². The highest BCUT2D eigenvalue weighted by Crippen LogP contribution is 2.25. The topological polar surface area (TPSA) is 29.5 Å². The van der Waals surface area contributed by atoms with E-state index in [0.717, 1.165) is 5.56 Å². The van der Waals surface area contributed by atoms with Gasteiger partial charge in [-0.1, -0.05) is 66.7 Å². The zero-order chi connectivity index (χ0) is 14.5. The summed E-state index contributed by atoms with van der Waals surface area (Å²) in [6.07, 6.45) is 0. The van der Waals surface area contributed by atoms with Crippen LogP contribution < -0.4 is 4.74 Å². The molecular formula is C19H16O2. The van der Waals surface area contributed by atoms with Crippen molar-refractivity contribution in [2.75, 3.05) is 0 Å². The maximum absolute atomic E-state index is 9.66. The van der Waals surface area contributed by atoms with E-state index in [2.05, 4.69) is 24.3 Å². The maximum Gasteiger partial charge on any atom is 0.161 e. The number of ether oxygens (including phenoxy) is 1. The second-order valence-corrected chi connectivity index (χ2v) is 4.82. The Hall–Kier alpha value is -2.74. The molecule has 1 N–H and O–H groups in total. The number of phenols is 1. The number of rotatable bonds is 4. The van der Waals surface area contributed by atoms with Gasteiger partial charge in [0.05, 0.1) is 0 Å². The third-order valence-electron chi connectivity index (χ3n) is 3.32. The van der Waals surface area contributed by atoms with Crippen LogP contribution in [0, 0.1) is 0 Å². The van der Waals surface area contributed by atoms with Gasteiger partial charge in [-0.15, -0.1) is 0 Å². The summed E-state index contributed by atoms with van der Waals surface area (Å²) in [4.78, 5) is 0. The van der Waals surface area contributed by atoms with E-state index < -0.39 is 0 Å². The van der Waals surface area contributed by atoms with Crippen molar-refractivity contribution in [2.24, 2.45) is 0 Å². The van der Waals surface area contributed by atoms with E-state index in [1.807, 2.05) is 36.4 Å². The van der Waals surface area contributed by atoms with Crippen LogP contribution in [0.3, 0.4) is 0 Å². The molecule has 104 valence electrons. The predicted molar refractivity (Wildman–Crippen MR) is 84.3 cm³/mol. The van der Waals surface area contributed by atoms with Gasteiger partial charge in [-0.05, 0) is 28.8 Å². The summed E-state index contributed by atoms with van der Waals surface area (Å²) in [5, 5.41) is 9.66. The largest absolute Gasteiger partial charge is 0.504 e. The third kappa shape index (κ3) is 3.23. The molecule has 0 aliphatic carbocycles. The van der Waals surface area contributed by atoms with Crippen LogP contribution in [-0.4, -0.2) is 5.11 Å². The van der Waals surface area contributed by atoms with Gasteiger partial charge < -0.3 is 9.84 Å². The van der Waals surface area contributed by atoms with Crippen molar-refractivity contribution in [3.63, 3.8) is 0 Å². The molecule has 0 saturated carbocycles. The monoisotopic (exact) mass is 276 g/mol. The Bertz CT molecular complexity index is 703. The molecule has 0 aromatic heterocycles. The molecule has 3 rings (SSSR count). The zero-order valence-corrected chi connectivity index (χ0v) is 11.6. The second kappa shape index (κ2) is 6.14. The Kier molecular flexibility index (Phi) is 3.88. The lowest BCUT2D eigenvalue weighted by Crippen LogP contribution is -1.95. The normalized spacial score (nSPS) is 10.3. The van der Waals surface area contributed by atoms with Crippen LogP contribution in [0.2, 0.25) is 0 Å². The number of para-hydroxylation sites is 2. The van der Waals surface area contributed by atoms with Crippen LogP contribution in [0.4, 0.5) is 0 Å². The summed E-state index contributed by atoms with van der Waals surface area (Å²) >= 11 is 0. The van der Waals surface area contributed by atoms with E-state index in [-0.39, 0.29) is 5.75 Å². The van der Waals surface area contributed by atoms with Gasteiger partial charge in [-0.2, -0.15) is 0 Å². The first-order chi connectivity index (χ1) is 10.3. The molecule has 21 heavy (non-hydrogen) atoms. The first-order valence-corrected chi connectivity index (χ1v) is 6.88. The van der Waals surface area contributed by atoms with Crippen molar-refractivity contribution < 1.29 is 9.84 Å². The minimum Gasteiger partial charge on any atom is -0.504 e. The summed E-state index contributed by atoms with van der Waals surface area (Å²) in [6, 6.07) is 25.5. The van der Waals surface area contributed by atoms with Gasteiger partial charge in [0.1, 0.15) is 6.61 Å². The summed E-state index contributed by atoms with van der Waals surface area (Å²) in [6.45, 7) is 0.437. The van der Waals surface area contributed by atoms with E-state index in [4.69, 9.17) is 4.74 Å². The molecule has 0 spiro atoms.